The van der Waals surface area contributed by atoms with Crippen LogP contribution >= 0.6 is 0 Å². The van der Waals surface area contributed by atoms with E-state index in [1.165, 1.54) is 0 Å². The Balaban J connectivity index is 1.48. The zero-order valence-corrected chi connectivity index (χ0v) is 16.4. The number of nitrogens with zero attached hydrogens (tertiary/aromatic N) is 2. The maximum atomic E-state index is 12.2. The lowest BCUT2D eigenvalue weighted by Gasteiger charge is -2.14. The molecule has 0 fully saturated rings. The zero-order valence-electron chi connectivity index (χ0n) is 16.4. The summed E-state index contributed by atoms with van der Waals surface area (Å²) in [6.45, 7) is 2.09. The van der Waals surface area contributed by atoms with Crippen molar-refractivity contribution in [1.29, 1.82) is 0 Å². The van der Waals surface area contributed by atoms with E-state index in [1.54, 1.807) is 10.9 Å². The number of aryl methyl sites for hydroxylation is 2. The van der Waals surface area contributed by atoms with Gasteiger partial charge in [-0.05, 0) is 43.0 Å². The van der Waals surface area contributed by atoms with Gasteiger partial charge in [-0.3, -0.25) is 9.59 Å². The second-order valence-electron chi connectivity index (χ2n) is 7.16. The molecule has 0 aliphatic carbocycles. The van der Waals surface area contributed by atoms with Crippen molar-refractivity contribution in [3.63, 3.8) is 0 Å². The van der Waals surface area contributed by atoms with Crippen LogP contribution in [0, 0.1) is 12.8 Å². The molecule has 0 saturated carbocycles. The third-order valence-corrected chi connectivity index (χ3v) is 4.76. The molecule has 1 atom stereocenters. The number of carboxylic acid groups (broad SMARTS) is 1. The van der Waals surface area contributed by atoms with Gasteiger partial charge in [-0.2, -0.15) is 5.10 Å². The summed E-state index contributed by atoms with van der Waals surface area (Å²) in [7, 11) is 0. The van der Waals surface area contributed by atoms with Gasteiger partial charge in [-0.1, -0.05) is 48.0 Å². The van der Waals surface area contributed by atoms with E-state index >= 15 is 0 Å². The van der Waals surface area contributed by atoms with E-state index in [9.17, 15) is 14.7 Å². The molecular weight excluding hydrogens is 366 g/mol. The predicted molar refractivity (Wildman–Crippen MR) is 111 cm³/mol. The Morgan fingerprint density at radius 1 is 1.10 bits per heavy atom. The minimum absolute atomic E-state index is 0.116. The number of carbonyl (C=O) groups is 2. The Morgan fingerprint density at radius 2 is 1.90 bits per heavy atom. The molecule has 0 spiro atoms. The summed E-state index contributed by atoms with van der Waals surface area (Å²) in [4.78, 5) is 23.8. The quantitative estimate of drug-likeness (QED) is 0.587. The third-order valence-electron chi connectivity index (χ3n) is 4.76. The molecule has 1 unspecified atom stereocenters. The number of nitrogens with one attached hydrogen (secondary N) is 1. The SMILES string of the molecule is Cc1cccc(CC(CNC(=O)CCc2cnn(-c3ccccc3)c2)C(=O)O)c1. The van der Waals surface area contributed by atoms with Crippen molar-refractivity contribution in [2.24, 2.45) is 5.92 Å². The molecule has 2 aromatic carbocycles. The summed E-state index contributed by atoms with van der Waals surface area (Å²) in [6, 6.07) is 17.5. The van der Waals surface area contributed by atoms with Gasteiger partial charge in [0.25, 0.3) is 0 Å². The van der Waals surface area contributed by atoms with E-state index in [0.717, 1.165) is 22.4 Å². The number of carboxylic acids is 1. The van der Waals surface area contributed by atoms with E-state index in [0.29, 0.717) is 12.8 Å². The number of aromatic nitrogens is 2. The smallest absolute Gasteiger partial charge is 0.308 e. The van der Waals surface area contributed by atoms with E-state index in [2.05, 4.69) is 10.4 Å². The molecule has 3 rings (SSSR count). The average Bonchev–Trinajstić information content (AvgIpc) is 3.19. The summed E-state index contributed by atoms with van der Waals surface area (Å²) in [5.74, 6) is -1.72. The topological polar surface area (TPSA) is 84.2 Å². The first-order valence-corrected chi connectivity index (χ1v) is 9.65. The second kappa shape index (κ2) is 9.68. The van der Waals surface area contributed by atoms with Crippen LogP contribution < -0.4 is 5.32 Å². The minimum atomic E-state index is -0.907. The van der Waals surface area contributed by atoms with Gasteiger partial charge in [0.2, 0.25) is 5.91 Å². The van der Waals surface area contributed by atoms with Gasteiger partial charge in [-0.15, -0.1) is 0 Å². The second-order valence-corrected chi connectivity index (χ2v) is 7.16. The summed E-state index contributed by atoms with van der Waals surface area (Å²) < 4.78 is 1.77. The number of amides is 1. The monoisotopic (exact) mass is 391 g/mol. The number of benzene rings is 2. The molecular formula is C23H25N3O3. The van der Waals surface area contributed by atoms with E-state index < -0.39 is 11.9 Å². The highest BCUT2D eigenvalue weighted by molar-refractivity contribution is 5.77. The number of rotatable bonds is 9. The molecule has 0 bridgehead atoms. The Labute approximate surface area is 170 Å². The van der Waals surface area contributed by atoms with Crippen LogP contribution in [0.25, 0.3) is 5.69 Å². The minimum Gasteiger partial charge on any atom is -0.481 e. The first kappa shape index (κ1) is 20.3. The molecule has 6 heteroatoms. The number of para-hydroxylation sites is 1. The van der Waals surface area contributed by atoms with Crippen LogP contribution in [0.2, 0.25) is 0 Å². The van der Waals surface area contributed by atoms with Gasteiger partial charge in [0.1, 0.15) is 0 Å². The molecule has 3 aromatic rings. The highest BCUT2D eigenvalue weighted by Crippen LogP contribution is 2.12. The van der Waals surface area contributed by atoms with Crippen molar-refractivity contribution < 1.29 is 14.7 Å². The van der Waals surface area contributed by atoms with Crippen LogP contribution in [0.4, 0.5) is 0 Å². The van der Waals surface area contributed by atoms with Crippen molar-refractivity contribution in [2.75, 3.05) is 6.54 Å². The van der Waals surface area contributed by atoms with Crippen LogP contribution in [0.15, 0.2) is 67.0 Å². The molecule has 6 nitrogen and oxygen atoms in total. The molecule has 2 N–H and O–H groups in total. The first-order valence-electron chi connectivity index (χ1n) is 9.65. The van der Waals surface area contributed by atoms with Gasteiger partial charge < -0.3 is 10.4 Å². The first-order chi connectivity index (χ1) is 14.0. The van der Waals surface area contributed by atoms with Crippen molar-refractivity contribution >= 4 is 11.9 Å². The van der Waals surface area contributed by atoms with Gasteiger partial charge in [0.05, 0.1) is 17.8 Å². The van der Waals surface area contributed by atoms with Gasteiger partial charge in [0.15, 0.2) is 0 Å². The predicted octanol–water partition coefficient (Wildman–Crippen LogP) is 3.17. The van der Waals surface area contributed by atoms with Crippen LogP contribution in [-0.4, -0.2) is 33.3 Å². The Bertz CT molecular complexity index is 966. The molecule has 0 aliphatic rings. The molecule has 0 aliphatic heterocycles. The van der Waals surface area contributed by atoms with Gasteiger partial charge in [0, 0.05) is 19.2 Å². The fourth-order valence-electron chi connectivity index (χ4n) is 3.16. The molecule has 150 valence electrons. The Hall–Kier alpha value is -3.41. The van der Waals surface area contributed by atoms with Crippen molar-refractivity contribution in [1.82, 2.24) is 15.1 Å². The highest BCUT2D eigenvalue weighted by Gasteiger charge is 2.19. The number of hydrogen-bond donors (Lipinski definition) is 2. The number of hydrogen-bond acceptors (Lipinski definition) is 3. The maximum absolute atomic E-state index is 12.2. The molecule has 1 amide bonds. The lowest BCUT2D eigenvalue weighted by molar-refractivity contribution is -0.141. The Kier molecular flexibility index (Phi) is 6.79. The fraction of sp³-hybridized carbons (Fsp3) is 0.261. The van der Waals surface area contributed by atoms with Crippen LogP contribution in [0.5, 0.6) is 0 Å². The highest BCUT2D eigenvalue weighted by atomic mass is 16.4. The standard InChI is InChI=1S/C23H25N3O3/c1-17-6-5-7-18(12-17)13-20(23(28)29)15-24-22(27)11-10-19-14-25-26(16-19)21-8-3-2-4-9-21/h2-9,12,14,16,20H,10-11,13,15H2,1H3,(H,24,27)(H,28,29). The van der Waals surface area contributed by atoms with Crippen molar-refractivity contribution in [2.45, 2.75) is 26.2 Å². The normalized spacial score (nSPS) is 11.8. The summed E-state index contributed by atoms with van der Waals surface area (Å²) in [5, 5.41) is 16.6. The lowest BCUT2D eigenvalue weighted by atomic mass is 9.98. The zero-order chi connectivity index (χ0) is 20.6. The van der Waals surface area contributed by atoms with Crippen LogP contribution in [-0.2, 0) is 22.4 Å². The molecule has 0 radical (unpaired) electrons. The van der Waals surface area contributed by atoms with E-state index in [4.69, 9.17) is 0 Å². The lowest BCUT2D eigenvalue weighted by Crippen LogP contribution is -2.34. The van der Waals surface area contributed by atoms with Crippen LogP contribution in [0.3, 0.4) is 0 Å². The maximum Gasteiger partial charge on any atom is 0.308 e. The van der Waals surface area contributed by atoms with E-state index in [1.807, 2.05) is 67.7 Å². The summed E-state index contributed by atoms with van der Waals surface area (Å²) in [6.07, 6.45) is 4.88. The van der Waals surface area contributed by atoms with Crippen molar-refractivity contribution in [3.05, 3.63) is 83.7 Å². The Morgan fingerprint density at radius 3 is 2.62 bits per heavy atom. The largest absolute Gasteiger partial charge is 0.481 e. The van der Waals surface area contributed by atoms with Gasteiger partial charge in [-0.25, -0.2) is 4.68 Å². The fourth-order valence-corrected chi connectivity index (χ4v) is 3.16. The number of aliphatic carboxylic acids is 1. The van der Waals surface area contributed by atoms with Crippen LogP contribution in [0.1, 0.15) is 23.1 Å². The van der Waals surface area contributed by atoms with Gasteiger partial charge >= 0.3 is 5.97 Å². The number of carbonyl (C=O) groups excluding carboxylic acids is 1. The van der Waals surface area contributed by atoms with E-state index in [-0.39, 0.29) is 18.9 Å². The molecule has 1 aromatic heterocycles. The molecule has 1 heterocycles. The summed E-state index contributed by atoms with van der Waals surface area (Å²) >= 11 is 0. The average molecular weight is 391 g/mol. The third kappa shape index (κ3) is 6.04. The molecule has 29 heavy (non-hydrogen) atoms. The summed E-state index contributed by atoms with van der Waals surface area (Å²) in [5.41, 5.74) is 3.97. The van der Waals surface area contributed by atoms with Crippen molar-refractivity contribution in [3.8, 4) is 5.69 Å². The molecule has 0 saturated heterocycles.